The number of nitrogens with zero attached hydrogens (tertiary/aromatic N) is 2. The van der Waals surface area contributed by atoms with E-state index in [4.69, 9.17) is 9.47 Å². The van der Waals surface area contributed by atoms with Crippen LogP contribution >= 0.6 is 0 Å². The fraction of sp³-hybridized carbons (Fsp3) is 0.381. The van der Waals surface area contributed by atoms with Gasteiger partial charge in [-0.2, -0.15) is 0 Å². The van der Waals surface area contributed by atoms with Crippen molar-refractivity contribution in [2.75, 3.05) is 11.5 Å². The van der Waals surface area contributed by atoms with E-state index in [0.29, 0.717) is 12.1 Å². The number of pyridine rings is 1. The second-order valence-corrected chi connectivity index (χ2v) is 7.01. The average molecular weight is 370 g/mol. The van der Waals surface area contributed by atoms with E-state index in [1.165, 1.54) is 4.90 Å². The van der Waals surface area contributed by atoms with E-state index in [1.54, 1.807) is 52.2 Å². The standard InChI is InChI=1S/C21H26N2O4/c1-5-26-19(24)18(15-16-9-7-6-8-10-16)23(17-11-13-22-14-12-17)20(25)27-21(2,3)4/h6-14,18H,5,15H2,1-4H3. The number of carbonyl (C=O) groups excluding carboxylic acids is 2. The fourth-order valence-electron chi connectivity index (χ4n) is 2.58. The predicted molar refractivity (Wildman–Crippen MR) is 104 cm³/mol. The highest BCUT2D eigenvalue weighted by atomic mass is 16.6. The minimum atomic E-state index is -0.857. The highest BCUT2D eigenvalue weighted by Crippen LogP contribution is 2.23. The summed E-state index contributed by atoms with van der Waals surface area (Å²) in [4.78, 5) is 31.1. The largest absolute Gasteiger partial charge is 0.464 e. The van der Waals surface area contributed by atoms with Gasteiger partial charge in [-0.15, -0.1) is 0 Å². The molecule has 0 aliphatic carbocycles. The molecule has 27 heavy (non-hydrogen) atoms. The van der Waals surface area contributed by atoms with Gasteiger partial charge < -0.3 is 9.47 Å². The van der Waals surface area contributed by atoms with Crippen molar-refractivity contribution in [2.24, 2.45) is 0 Å². The van der Waals surface area contributed by atoms with Crippen molar-refractivity contribution in [1.29, 1.82) is 0 Å². The molecule has 0 bridgehead atoms. The van der Waals surface area contributed by atoms with Crippen LogP contribution in [0.3, 0.4) is 0 Å². The summed E-state index contributed by atoms with van der Waals surface area (Å²) in [7, 11) is 0. The molecule has 6 nitrogen and oxygen atoms in total. The molecular weight excluding hydrogens is 344 g/mol. The molecule has 6 heteroatoms. The van der Waals surface area contributed by atoms with E-state index in [9.17, 15) is 9.59 Å². The van der Waals surface area contributed by atoms with E-state index in [1.807, 2.05) is 30.3 Å². The average Bonchev–Trinajstić information content (AvgIpc) is 2.61. The van der Waals surface area contributed by atoms with Gasteiger partial charge in [0, 0.05) is 18.8 Å². The molecule has 0 saturated carbocycles. The summed E-state index contributed by atoms with van der Waals surface area (Å²) < 4.78 is 10.8. The van der Waals surface area contributed by atoms with Gasteiger partial charge in [-0.25, -0.2) is 9.59 Å². The molecule has 1 atom stereocenters. The highest BCUT2D eigenvalue weighted by molar-refractivity contribution is 5.96. The van der Waals surface area contributed by atoms with Crippen molar-refractivity contribution in [3.05, 3.63) is 60.4 Å². The quantitative estimate of drug-likeness (QED) is 0.719. The van der Waals surface area contributed by atoms with E-state index in [2.05, 4.69) is 4.98 Å². The second kappa shape index (κ2) is 9.16. The lowest BCUT2D eigenvalue weighted by Crippen LogP contribution is -2.49. The first-order valence-corrected chi connectivity index (χ1v) is 8.94. The van der Waals surface area contributed by atoms with Crippen LogP contribution in [-0.4, -0.2) is 35.3 Å². The fourth-order valence-corrected chi connectivity index (χ4v) is 2.58. The lowest BCUT2D eigenvalue weighted by Gasteiger charge is -2.32. The van der Waals surface area contributed by atoms with Crippen LogP contribution in [0.25, 0.3) is 0 Å². The van der Waals surface area contributed by atoms with Gasteiger partial charge >= 0.3 is 12.1 Å². The number of carbonyl (C=O) groups is 2. The van der Waals surface area contributed by atoms with Crippen molar-refractivity contribution < 1.29 is 19.1 Å². The molecule has 0 fully saturated rings. The minimum absolute atomic E-state index is 0.225. The molecule has 0 spiro atoms. The zero-order valence-electron chi connectivity index (χ0n) is 16.2. The van der Waals surface area contributed by atoms with Crippen molar-refractivity contribution in [3.8, 4) is 0 Å². The Kier molecular flexibility index (Phi) is 6.93. The monoisotopic (exact) mass is 370 g/mol. The molecule has 1 unspecified atom stereocenters. The molecule has 2 aromatic rings. The van der Waals surface area contributed by atoms with Crippen LogP contribution in [0.2, 0.25) is 0 Å². The first kappa shape index (κ1) is 20.4. The Morgan fingerprint density at radius 1 is 1.07 bits per heavy atom. The summed E-state index contributed by atoms with van der Waals surface area (Å²) in [6.45, 7) is 7.31. The maximum Gasteiger partial charge on any atom is 0.415 e. The van der Waals surface area contributed by atoms with Crippen molar-refractivity contribution in [1.82, 2.24) is 4.98 Å². The number of aromatic nitrogens is 1. The number of hydrogen-bond acceptors (Lipinski definition) is 5. The predicted octanol–water partition coefficient (Wildman–Crippen LogP) is 4.00. The van der Waals surface area contributed by atoms with E-state index < -0.39 is 23.7 Å². The van der Waals surface area contributed by atoms with Crippen LogP contribution < -0.4 is 4.90 Å². The van der Waals surface area contributed by atoms with Gasteiger partial charge in [0.2, 0.25) is 0 Å². The Labute approximate surface area is 160 Å². The molecule has 1 aromatic carbocycles. The number of esters is 1. The SMILES string of the molecule is CCOC(=O)C(Cc1ccccc1)N(C(=O)OC(C)(C)C)c1ccncc1. The summed E-state index contributed by atoms with van der Waals surface area (Å²) >= 11 is 0. The second-order valence-electron chi connectivity index (χ2n) is 7.01. The van der Waals surface area contributed by atoms with Crippen molar-refractivity contribution >= 4 is 17.7 Å². The lowest BCUT2D eigenvalue weighted by molar-refractivity contribution is -0.144. The number of ether oxygens (including phenoxy) is 2. The third kappa shape index (κ3) is 6.09. The maximum absolute atomic E-state index is 13.0. The molecule has 0 aliphatic rings. The number of amides is 1. The van der Waals surface area contributed by atoms with Gasteiger partial charge in [0.15, 0.2) is 0 Å². The Balaban J connectivity index is 2.44. The normalized spacial score (nSPS) is 12.1. The van der Waals surface area contributed by atoms with Gasteiger partial charge in [-0.05, 0) is 45.4 Å². The van der Waals surface area contributed by atoms with E-state index in [-0.39, 0.29) is 6.61 Å². The van der Waals surface area contributed by atoms with Gasteiger partial charge in [0.05, 0.1) is 12.3 Å². The van der Waals surface area contributed by atoms with Crippen LogP contribution in [0, 0.1) is 0 Å². The molecule has 0 N–H and O–H groups in total. The molecule has 0 aliphatic heterocycles. The molecule has 1 heterocycles. The summed E-state index contributed by atoms with van der Waals surface area (Å²) in [6.07, 6.45) is 2.83. The van der Waals surface area contributed by atoms with Crippen LogP contribution in [0.1, 0.15) is 33.3 Å². The Hall–Kier alpha value is -2.89. The van der Waals surface area contributed by atoms with Gasteiger partial charge in [-0.1, -0.05) is 30.3 Å². The third-order valence-corrected chi connectivity index (χ3v) is 3.67. The van der Waals surface area contributed by atoms with Crippen LogP contribution in [0.15, 0.2) is 54.9 Å². The number of rotatable bonds is 6. The first-order valence-electron chi connectivity index (χ1n) is 8.94. The van der Waals surface area contributed by atoms with Gasteiger partial charge in [-0.3, -0.25) is 9.88 Å². The molecule has 0 radical (unpaired) electrons. The number of hydrogen-bond donors (Lipinski definition) is 0. The molecule has 0 saturated heterocycles. The summed E-state index contributed by atoms with van der Waals surface area (Å²) in [6, 6.07) is 12.0. The smallest absolute Gasteiger partial charge is 0.415 e. The number of benzene rings is 1. The van der Waals surface area contributed by atoms with Crippen LogP contribution in [0.5, 0.6) is 0 Å². The lowest BCUT2D eigenvalue weighted by atomic mass is 10.0. The van der Waals surface area contributed by atoms with Gasteiger partial charge in [0.1, 0.15) is 11.6 Å². The summed E-state index contributed by atoms with van der Waals surface area (Å²) in [5.41, 5.74) is 0.736. The Bertz CT molecular complexity index is 742. The maximum atomic E-state index is 13.0. The molecule has 144 valence electrons. The molecule has 1 amide bonds. The zero-order valence-corrected chi connectivity index (χ0v) is 16.2. The van der Waals surface area contributed by atoms with E-state index >= 15 is 0 Å². The Morgan fingerprint density at radius 2 is 1.70 bits per heavy atom. The van der Waals surface area contributed by atoms with Crippen molar-refractivity contribution in [3.63, 3.8) is 0 Å². The van der Waals surface area contributed by atoms with Crippen LogP contribution in [-0.2, 0) is 20.7 Å². The summed E-state index contributed by atoms with van der Waals surface area (Å²) in [5, 5.41) is 0. The highest BCUT2D eigenvalue weighted by Gasteiger charge is 2.35. The third-order valence-electron chi connectivity index (χ3n) is 3.67. The van der Waals surface area contributed by atoms with Crippen molar-refractivity contribution in [2.45, 2.75) is 45.8 Å². The molecular formula is C21H26N2O4. The molecule has 2 rings (SSSR count). The summed E-state index contributed by atoms with van der Waals surface area (Å²) in [5.74, 6) is -0.482. The zero-order chi connectivity index (χ0) is 19.9. The topological polar surface area (TPSA) is 68.7 Å². The van der Waals surface area contributed by atoms with Gasteiger partial charge in [0.25, 0.3) is 0 Å². The molecule has 1 aromatic heterocycles. The number of anilines is 1. The Morgan fingerprint density at radius 3 is 2.26 bits per heavy atom. The van der Waals surface area contributed by atoms with Crippen LogP contribution in [0.4, 0.5) is 10.5 Å². The first-order chi connectivity index (χ1) is 12.8. The minimum Gasteiger partial charge on any atom is -0.464 e. The van der Waals surface area contributed by atoms with E-state index in [0.717, 1.165) is 5.56 Å².